The van der Waals surface area contributed by atoms with E-state index in [1.54, 1.807) is 0 Å². The highest BCUT2D eigenvalue weighted by atomic mass is 16.2. The van der Waals surface area contributed by atoms with E-state index in [0.717, 1.165) is 38.9 Å². The van der Waals surface area contributed by atoms with Crippen molar-refractivity contribution in [2.24, 2.45) is 0 Å². The van der Waals surface area contributed by atoms with Gasteiger partial charge in [0.2, 0.25) is 0 Å². The molecular weight excluding hydrogens is 252 g/mol. The largest absolute Gasteiger partial charge is 0.338 e. The Kier molecular flexibility index (Phi) is 4.81. The molecule has 0 aromatic carbocycles. The maximum absolute atomic E-state index is 12.4. The Bertz CT molecular complexity index is 443. The number of amides is 1. The summed E-state index contributed by atoms with van der Waals surface area (Å²) < 4.78 is 1.99. The molecule has 1 aliphatic rings. The normalized spacial score (nSPS) is 17.6. The van der Waals surface area contributed by atoms with Gasteiger partial charge in [0.25, 0.3) is 5.91 Å². The van der Waals surface area contributed by atoms with Crippen LogP contribution in [-0.2, 0) is 13.0 Å². The van der Waals surface area contributed by atoms with Gasteiger partial charge in [-0.05, 0) is 33.5 Å². The van der Waals surface area contributed by atoms with Crippen LogP contribution in [0.3, 0.4) is 0 Å². The second kappa shape index (κ2) is 6.39. The minimum atomic E-state index is 0.0734. The van der Waals surface area contributed by atoms with Crippen LogP contribution in [0.1, 0.15) is 42.9 Å². The Morgan fingerprint density at radius 3 is 2.75 bits per heavy atom. The second-order valence-corrected chi connectivity index (χ2v) is 5.76. The number of rotatable bonds is 6. The zero-order valence-corrected chi connectivity index (χ0v) is 13.1. The van der Waals surface area contributed by atoms with Gasteiger partial charge in [-0.25, -0.2) is 0 Å². The zero-order chi connectivity index (χ0) is 14.7. The number of carbonyl (C=O) groups excluding carboxylic acids is 1. The molecule has 5 heteroatoms. The summed E-state index contributed by atoms with van der Waals surface area (Å²) >= 11 is 0. The predicted molar refractivity (Wildman–Crippen MR) is 79.9 cm³/mol. The number of carbonyl (C=O) groups is 1. The zero-order valence-electron chi connectivity index (χ0n) is 13.1. The van der Waals surface area contributed by atoms with Crippen LogP contribution in [0.4, 0.5) is 0 Å². The molecule has 1 aromatic rings. The molecule has 20 heavy (non-hydrogen) atoms. The summed E-state index contributed by atoms with van der Waals surface area (Å²) in [6.45, 7) is 6.64. The molecule has 1 aliphatic heterocycles. The number of fused-ring (bicyclic) bond motifs is 1. The van der Waals surface area contributed by atoms with Crippen LogP contribution >= 0.6 is 0 Å². The first kappa shape index (κ1) is 15.0. The van der Waals surface area contributed by atoms with Crippen molar-refractivity contribution < 1.29 is 4.79 Å². The lowest BCUT2D eigenvalue weighted by atomic mass is 10.2. The van der Waals surface area contributed by atoms with E-state index in [4.69, 9.17) is 0 Å². The molecule has 0 saturated carbocycles. The van der Waals surface area contributed by atoms with Gasteiger partial charge >= 0.3 is 0 Å². The summed E-state index contributed by atoms with van der Waals surface area (Å²) in [5, 5.41) is 4.50. The summed E-state index contributed by atoms with van der Waals surface area (Å²) in [4.78, 5) is 16.6. The topological polar surface area (TPSA) is 41.4 Å². The highest BCUT2D eigenvalue weighted by molar-refractivity contribution is 5.92. The Morgan fingerprint density at radius 1 is 1.45 bits per heavy atom. The highest BCUT2D eigenvalue weighted by Gasteiger charge is 2.27. The lowest BCUT2D eigenvalue weighted by Gasteiger charge is -2.20. The maximum Gasteiger partial charge on any atom is 0.274 e. The third-order valence-electron chi connectivity index (χ3n) is 4.09. The van der Waals surface area contributed by atoms with Crippen LogP contribution in [-0.4, -0.2) is 58.7 Å². The van der Waals surface area contributed by atoms with Crippen LogP contribution in [0.15, 0.2) is 6.07 Å². The summed E-state index contributed by atoms with van der Waals surface area (Å²) in [6, 6.07) is 2.48. The molecule has 2 heterocycles. The fourth-order valence-corrected chi connectivity index (χ4v) is 2.65. The van der Waals surface area contributed by atoms with Gasteiger partial charge in [0.15, 0.2) is 5.69 Å². The molecular formula is C15H26N4O. The molecule has 1 atom stereocenters. The fourth-order valence-electron chi connectivity index (χ4n) is 2.65. The molecule has 0 bridgehead atoms. The van der Waals surface area contributed by atoms with Gasteiger partial charge in [0, 0.05) is 31.2 Å². The highest BCUT2D eigenvalue weighted by Crippen LogP contribution is 2.19. The molecule has 0 unspecified atom stereocenters. The fraction of sp³-hybridized carbons (Fsp3) is 0.733. The van der Waals surface area contributed by atoms with E-state index in [1.165, 1.54) is 5.69 Å². The second-order valence-electron chi connectivity index (χ2n) is 5.76. The van der Waals surface area contributed by atoms with Gasteiger partial charge < -0.3 is 9.80 Å². The summed E-state index contributed by atoms with van der Waals surface area (Å²) in [5.74, 6) is 0.0734. The Labute approximate surface area is 121 Å². The summed E-state index contributed by atoms with van der Waals surface area (Å²) in [5.41, 5.74) is 1.79. The molecule has 5 nitrogen and oxygen atoms in total. The van der Waals surface area contributed by atoms with Crippen LogP contribution in [0.25, 0.3) is 0 Å². The molecule has 0 N–H and O–H groups in total. The molecule has 0 spiro atoms. The van der Waals surface area contributed by atoms with E-state index in [-0.39, 0.29) is 5.91 Å². The SMILES string of the molecule is CCCCN(CC)C(=O)c1cc2n(n1)C[C@@H](N(C)C)C2. The standard InChI is InChI=1S/C15H26N4O/c1-5-7-8-18(6-2)15(20)14-10-12-9-13(17(3)4)11-19(12)16-14/h10,13H,5-9,11H2,1-4H3/t13-/m0/s1. The maximum atomic E-state index is 12.4. The van der Waals surface area contributed by atoms with E-state index in [2.05, 4.69) is 31.0 Å². The average Bonchev–Trinajstić information content (AvgIpc) is 2.97. The molecule has 0 saturated heterocycles. The number of aromatic nitrogens is 2. The van der Waals surface area contributed by atoms with Crippen LogP contribution in [0.5, 0.6) is 0 Å². The van der Waals surface area contributed by atoms with E-state index in [0.29, 0.717) is 11.7 Å². The minimum Gasteiger partial charge on any atom is -0.338 e. The van der Waals surface area contributed by atoms with Gasteiger partial charge in [0.1, 0.15) is 0 Å². The van der Waals surface area contributed by atoms with E-state index in [1.807, 2.05) is 22.6 Å². The van der Waals surface area contributed by atoms with Crippen molar-refractivity contribution in [2.75, 3.05) is 27.2 Å². The molecule has 1 aromatic heterocycles. The average molecular weight is 278 g/mol. The number of hydrogen-bond acceptors (Lipinski definition) is 3. The molecule has 0 radical (unpaired) electrons. The lowest BCUT2D eigenvalue weighted by molar-refractivity contribution is 0.0755. The third-order valence-corrected chi connectivity index (χ3v) is 4.09. The smallest absolute Gasteiger partial charge is 0.274 e. The van der Waals surface area contributed by atoms with Gasteiger partial charge in [0.05, 0.1) is 6.54 Å². The van der Waals surface area contributed by atoms with Gasteiger partial charge in [-0.3, -0.25) is 9.48 Å². The Balaban J connectivity index is 2.05. The molecule has 2 rings (SSSR count). The van der Waals surface area contributed by atoms with Crippen LogP contribution in [0.2, 0.25) is 0 Å². The van der Waals surface area contributed by atoms with E-state index in [9.17, 15) is 4.79 Å². The molecule has 0 aliphatic carbocycles. The van der Waals surface area contributed by atoms with Crippen LogP contribution in [0, 0.1) is 0 Å². The van der Waals surface area contributed by atoms with Crippen molar-refractivity contribution in [2.45, 2.75) is 45.7 Å². The first-order valence-corrected chi connectivity index (χ1v) is 7.59. The number of nitrogens with zero attached hydrogens (tertiary/aromatic N) is 4. The lowest BCUT2D eigenvalue weighted by Crippen LogP contribution is -2.33. The minimum absolute atomic E-state index is 0.0734. The quantitative estimate of drug-likeness (QED) is 0.794. The van der Waals surface area contributed by atoms with Crippen molar-refractivity contribution in [3.63, 3.8) is 0 Å². The predicted octanol–water partition coefficient (Wildman–Crippen LogP) is 1.63. The first-order chi connectivity index (χ1) is 9.56. The molecule has 1 amide bonds. The number of hydrogen-bond donors (Lipinski definition) is 0. The van der Waals surface area contributed by atoms with Gasteiger partial charge in [-0.15, -0.1) is 0 Å². The van der Waals surface area contributed by atoms with Gasteiger partial charge in [-0.2, -0.15) is 5.10 Å². The number of unbranched alkanes of at least 4 members (excludes halogenated alkanes) is 1. The number of likely N-dealkylation sites (N-methyl/N-ethyl adjacent to an activating group) is 1. The van der Waals surface area contributed by atoms with Crippen molar-refractivity contribution in [1.82, 2.24) is 19.6 Å². The van der Waals surface area contributed by atoms with Crippen molar-refractivity contribution >= 4 is 5.91 Å². The third kappa shape index (κ3) is 3.03. The Hall–Kier alpha value is -1.36. The van der Waals surface area contributed by atoms with Crippen molar-refractivity contribution in [3.8, 4) is 0 Å². The molecule has 112 valence electrons. The molecule has 0 fully saturated rings. The van der Waals surface area contributed by atoms with Gasteiger partial charge in [-0.1, -0.05) is 13.3 Å². The monoisotopic (exact) mass is 278 g/mol. The summed E-state index contributed by atoms with van der Waals surface area (Å²) in [7, 11) is 4.18. The van der Waals surface area contributed by atoms with E-state index >= 15 is 0 Å². The van der Waals surface area contributed by atoms with E-state index < -0.39 is 0 Å². The van der Waals surface area contributed by atoms with Crippen LogP contribution < -0.4 is 0 Å². The first-order valence-electron chi connectivity index (χ1n) is 7.59. The summed E-state index contributed by atoms with van der Waals surface area (Å²) in [6.07, 6.45) is 3.14. The Morgan fingerprint density at radius 2 is 2.20 bits per heavy atom. The van der Waals surface area contributed by atoms with Crippen molar-refractivity contribution in [3.05, 3.63) is 17.5 Å². The van der Waals surface area contributed by atoms with Crippen molar-refractivity contribution in [1.29, 1.82) is 0 Å².